The van der Waals surface area contributed by atoms with Gasteiger partial charge in [0.15, 0.2) is 0 Å². The molecule has 100 valence electrons. The third kappa shape index (κ3) is 2.32. The summed E-state index contributed by atoms with van der Waals surface area (Å²) in [6.45, 7) is 11.7. The molecule has 1 fully saturated rings. The van der Waals surface area contributed by atoms with E-state index in [1.54, 1.807) is 0 Å². The molecule has 1 aliphatic rings. The first-order valence-corrected chi connectivity index (χ1v) is 6.80. The summed E-state index contributed by atoms with van der Waals surface area (Å²) in [5.41, 5.74) is 5.45. The summed E-state index contributed by atoms with van der Waals surface area (Å²) in [7, 11) is 0. The molecule has 0 aromatic heterocycles. The quantitative estimate of drug-likeness (QED) is 0.861. The van der Waals surface area contributed by atoms with Crippen molar-refractivity contribution in [2.75, 3.05) is 0 Å². The Morgan fingerprint density at radius 3 is 2.22 bits per heavy atom. The molecule has 0 saturated heterocycles. The number of aliphatic hydroxyl groups excluding tert-OH is 1. The Kier molecular flexibility index (Phi) is 3.52. The largest absolute Gasteiger partial charge is 0.392 e. The minimum atomic E-state index is -0.157. The first-order chi connectivity index (χ1) is 8.32. The zero-order valence-corrected chi connectivity index (χ0v) is 12.2. The molecule has 2 N–H and O–H groups in total. The summed E-state index contributed by atoms with van der Waals surface area (Å²) < 4.78 is 0. The van der Waals surface area contributed by atoms with Crippen molar-refractivity contribution in [3.63, 3.8) is 0 Å². The van der Waals surface area contributed by atoms with Crippen LogP contribution < -0.4 is 5.32 Å². The second-order valence-corrected chi connectivity index (χ2v) is 6.38. The highest BCUT2D eigenvalue weighted by molar-refractivity contribution is 5.37. The number of rotatable bonds is 3. The van der Waals surface area contributed by atoms with E-state index in [1.807, 2.05) is 0 Å². The van der Waals surface area contributed by atoms with E-state index in [4.69, 9.17) is 0 Å². The molecule has 2 rings (SSSR count). The van der Waals surface area contributed by atoms with Gasteiger partial charge in [0, 0.05) is 18.0 Å². The second-order valence-electron chi connectivity index (χ2n) is 6.38. The number of hydrogen-bond acceptors (Lipinski definition) is 2. The zero-order chi connectivity index (χ0) is 13.5. The van der Waals surface area contributed by atoms with Crippen LogP contribution in [0.1, 0.15) is 42.5 Å². The van der Waals surface area contributed by atoms with E-state index >= 15 is 0 Å². The van der Waals surface area contributed by atoms with Crippen LogP contribution >= 0.6 is 0 Å². The van der Waals surface area contributed by atoms with Gasteiger partial charge in [-0.2, -0.15) is 0 Å². The van der Waals surface area contributed by atoms with Crippen molar-refractivity contribution in [3.8, 4) is 0 Å². The van der Waals surface area contributed by atoms with Crippen LogP contribution in [0.2, 0.25) is 0 Å². The van der Waals surface area contributed by atoms with E-state index in [1.165, 1.54) is 22.3 Å². The molecule has 2 atom stereocenters. The minimum Gasteiger partial charge on any atom is -0.392 e. The van der Waals surface area contributed by atoms with Gasteiger partial charge in [0.25, 0.3) is 0 Å². The molecule has 18 heavy (non-hydrogen) atoms. The van der Waals surface area contributed by atoms with Gasteiger partial charge in [-0.05, 0) is 43.9 Å². The van der Waals surface area contributed by atoms with Crippen LogP contribution in [0.15, 0.2) is 12.1 Å². The van der Waals surface area contributed by atoms with Crippen molar-refractivity contribution in [2.24, 2.45) is 5.41 Å². The van der Waals surface area contributed by atoms with E-state index < -0.39 is 0 Å². The van der Waals surface area contributed by atoms with Gasteiger partial charge < -0.3 is 10.4 Å². The lowest BCUT2D eigenvalue weighted by Gasteiger charge is -2.49. The van der Waals surface area contributed by atoms with Crippen LogP contribution in [0.5, 0.6) is 0 Å². The van der Waals surface area contributed by atoms with Crippen molar-refractivity contribution < 1.29 is 5.11 Å². The van der Waals surface area contributed by atoms with Gasteiger partial charge in [0.1, 0.15) is 0 Å². The van der Waals surface area contributed by atoms with Gasteiger partial charge in [-0.15, -0.1) is 0 Å². The van der Waals surface area contributed by atoms with E-state index in [-0.39, 0.29) is 11.5 Å². The summed E-state index contributed by atoms with van der Waals surface area (Å²) >= 11 is 0. The van der Waals surface area contributed by atoms with Crippen molar-refractivity contribution in [1.82, 2.24) is 5.32 Å². The Hall–Kier alpha value is -0.860. The average molecular weight is 247 g/mol. The maximum absolute atomic E-state index is 9.75. The van der Waals surface area contributed by atoms with E-state index in [2.05, 4.69) is 52.1 Å². The molecule has 2 nitrogen and oxygen atoms in total. The summed E-state index contributed by atoms with van der Waals surface area (Å²) in [4.78, 5) is 0. The molecule has 1 saturated carbocycles. The van der Waals surface area contributed by atoms with Gasteiger partial charge in [-0.25, -0.2) is 0 Å². The second kappa shape index (κ2) is 4.67. The fourth-order valence-corrected chi connectivity index (χ4v) is 2.96. The molecule has 1 aromatic rings. The molecule has 0 radical (unpaired) electrons. The van der Waals surface area contributed by atoms with Crippen LogP contribution in [0.25, 0.3) is 0 Å². The molecule has 0 bridgehead atoms. The smallest absolute Gasteiger partial charge is 0.0621 e. The zero-order valence-electron chi connectivity index (χ0n) is 12.2. The number of benzene rings is 1. The predicted molar refractivity (Wildman–Crippen MR) is 75.7 cm³/mol. The van der Waals surface area contributed by atoms with Crippen LogP contribution in [-0.2, 0) is 6.54 Å². The van der Waals surface area contributed by atoms with E-state index in [0.29, 0.717) is 6.04 Å². The molecule has 2 unspecified atom stereocenters. The number of nitrogens with one attached hydrogen (secondary N) is 1. The fourth-order valence-electron chi connectivity index (χ4n) is 2.96. The summed E-state index contributed by atoms with van der Waals surface area (Å²) in [5, 5.41) is 13.3. The fraction of sp³-hybridized carbons (Fsp3) is 0.625. The maximum Gasteiger partial charge on any atom is 0.0621 e. The first kappa shape index (κ1) is 13.6. The molecule has 1 aliphatic carbocycles. The standard InChI is InChI=1S/C16H25NO/c1-10-6-11(2)13(12(3)7-10)9-17-14-8-15(18)16(14,4)5/h6-7,14-15,17-18H,8-9H2,1-5H3. The Bertz CT molecular complexity index is 427. The van der Waals surface area contributed by atoms with Crippen molar-refractivity contribution in [2.45, 2.75) is 59.7 Å². The van der Waals surface area contributed by atoms with Crippen molar-refractivity contribution in [1.29, 1.82) is 0 Å². The van der Waals surface area contributed by atoms with Crippen LogP contribution in [0.4, 0.5) is 0 Å². The lowest BCUT2D eigenvalue weighted by Crippen LogP contribution is -2.59. The molecule has 1 aromatic carbocycles. The Morgan fingerprint density at radius 1 is 1.22 bits per heavy atom. The molecule has 0 spiro atoms. The van der Waals surface area contributed by atoms with Gasteiger partial charge in [-0.1, -0.05) is 31.5 Å². The van der Waals surface area contributed by atoms with Gasteiger partial charge in [0.2, 0.25) is 0 Å². The van der Waals surface area contributed by atoms with E-state index in [0.717, 1.165) is 13.0 Å². The normalized spacial score (nSPS) is 25.9. The molecule has 0 aliphatic heterocycles. The number of aliphatic hydroxyl groups is 1. The monoisotopic (exact) mass is 247 g/mol. The minimum absolute atomic E-state index is 0.00645. The summed E-state index contributed by atoms with van der Waals surface area (Å²) in [6.07, 6.45) is 0.715. The molecular formula is C16H25NO. The highest BCUT2D eigenvalue weighted by Crippen LogP contribution is 2.40. The molecule has 0 heterocycles. The Labute approximate surface area is 110 Å². The molecule has 2 heteroatoms. The lowest BCUT2D eigenvalue weighted by atomic mass is 9.64. The van der Waals surface area contributed by atoms with Crippen LogP contribution in [0.3, 0.4) is 0 Å². The maximum atomic E-state index is 9.75. The van der Waals surface area contributed by atoms with Gasteiger partial charge >= 0.3 is 0 Å². The number of hydrogen-bond donors (Lipinski definition) is 2. The SMILES string of the molecule is Cc1cc(C)c(CNC2CC(O)C2(C)C)c(C)c1. The summed E-state index contributed by atoms with van der Waals surface area (Å²) in [5.74, 6) is 0. The first-order valence-electron chi connectivity index (χ1n) is 6.80. The molecular weight excluding hydrogens is 222 g/mol. The van der Waals surface area contributed by atoms with E-state index in [9.17, 15) is 5.11 Å². The highest BCUT2D eigenvalue weighted by Gasteiger charge is 2.46. The highest BCUT2D eigenvalue weighted by atomic mass is 16.3. The van der Waals surface area contributed by atoms with Crippen molar-refractivity contribution >= 4 is 0 Å². The molecule has 0 amide bonds. The van der Waals surface area contributed by atoms with Gasteiger partial charge in [0.05, 0.1) is 6.10 Å². The number of aryl methyl sites for hydroxylation is 3. The third-order valence-corrected chi connectivity index (χ3v) is 4.58. The van der Waals surface area contributed by atoms with Crippen LogP contribution in [0, 0.1) is 26.2 Å². The van der Waals surface area contributed by atoms with Gasteiger partial charge in [-0.3, -0.25) is 0 Å². The topological polar surface area (TPSA) is 32.3 Å². The van der Waals surface area contributed by atoms with Crippen LogP contribution in [-0.4, -0.2) is 17.3 Å². The summed E-state index contributed by atoms with van der Waals surface area (Å²) in [6, 6.07) is 4.91. The Morgan fingerprint density at radius 2 is 1.78 bits per heavy atom. The average Bonchev–Trinajstić information content (AvgIpc) is 2.26. The Balaban J connectivity index is 2.04. The van der Waals surface area contributed by atoms with Crippen molar-refractivity contribution in [3.05, 3.63) is 34.4 Å². The third-order valence-electron chi connectivity index (χ3n) is 4.58. The lowest BCUT2D eigenvalue weighted by molar-refractivity contribution is -0.0730. The predicted octanol–water partition coefficient (Wildman–Crippen LogP) is 2.86.